The summed E-state index contributed by atoms with van der Waals surface area (Å²) in [6.07, 6.45) is 19.8. The van der Waals surface area contributed by atoms with Crippen molar-refractivity contribution in [3.8, 4) is 0 Å². The first-order valence-electron chi connectivity index (χ1n) is 11.9. The number of nitrogens with zero attached hydrogens (tertiary/aromatic N) is 2. The predicted molar refractivity (Wildman–Crippen MR) is 167 cm³/mol. The van der Waals surface area contributed by atoms with E-state index in [0.29, 0.717) is 12.0 Å². The standard InChI is InChI=1S/C8H8O.C7H15NO.2C4H6N2.C2H4O.C2H6S2.CH4/c1-6-3-4-7(2)8(9)5-6;1-3-5-6-8-7(9)4-2;2*1-4-2-5-3-6-4;1-2-3;1-3-4-2;/h3-5H,2H2,1H3;3-6H2,1-2H3,(H,8,9);2*2-3H,1H3,(H,5,6);2H,1H3;1-2H3;1H4. The molecule has 10 heteroatoms. The molecule has 2 aromatic rings. The van der Waals surface area contributed by atoms with Gasteiger partial charge < -0.3 is 20.1 Å². The summed E-state index contributed by atoms with van der Waals surface area (Å²) in [5.41, 5.74) is 3.78. The molecule has 1 amide bonds. The van der Waals surface area contributed by atoms with Crippen LogP contribution in [0.1, 0.15) is 65.8 Å². The van der Waals surface area contributed by atoms with Crippen molar-refractivity contribution in [2.24, 2.45) is 0 Å². The van der Waals surface area contributed by atoms with E-state index in [-0.39, 0.29) is 19.1 Å². The quantitative estimate of drug-likeness (QED) is 0.156. The molecule has 0 saturated carbocycles. The minimum Gasteiger partial charge on any atom is -0.356 e. The highest BCUT2D eigenvalue weighted by molar-refractivity contribution is 8.76. The number of H-pyrrole nitrogens is 2. The van der Waals surface area contributed by atoms with Gasteiger partial charge >= 0.3 is 0 Å². The number of aromatic amines is 2. The zero-order valence-electron chi connectivity index (χ0n) is 23.6. The predicted octanol–water partition coefficient (Wildman–Crippen LogP) is 6.85. The molecule has 0 fully saturated rings. The Bertz CT molecular complexity index is 844. The van der Waals surface area contributed by atoms with E-state index >= 15 is 0 Å². The lowest BCUT2D eigenvalue weighted by Crippen LogP contribution is -2.22. The lowest BCUT2D eigenvalue weighted by Gasteiger charge is -2.00. The Morgan fingerprint density at radius 2 is 1.50 bits per heavy atom. The van der Waals surface area contributed by atoms with Crippen molar-refractivity contribution in [2.75, 3.05) is 19.1 Å². The van der Waals surface area contributed by atoms with E-state index in [4.69, 9.17) is 4.79 Å². The van der Waals surface area contributed by atoms with Gasteiger partial charge in [-0.2, -0.15) is 0 Å². The second-order valence-corrected chi connectivity index (χ2v) is 9.87. The summed E-state index contributed by atoms with van der Waals surface area (Å²) in [4.78, 5) is 43.5. The largest absolute Gasteiger partial charge is 0.356 e. The second kappa shape index (κ2) is 32.2. The molecule has 2 heterocycles. The lowest BCUT2D eigenvalue weighted by molar-refractivity contribution is -0.120. The van der Waals surface area contributed by atoms with Crippen molar-refractivity contribution in [1.82, 2.24) is 25.3 Å². The lowest BCUT2D eigenvalue weighted by atomic mass is 10.0. The Balaban J connectivity index is -0.000000188. The third kappa shape index (κ3) is 33.1. The third-order valence-corrected chi connectivity index (χ3v) is 5.17. The number of hydrogen-bond acceptors (Lipinski definition) is 7. The van der Waals surface area contributed by atoms with Gasteiger partial charge in [0, 0.05) is 42.3 Å². The normalized spacial score (nSPS) is 10.4. The highest BCUT2D eigenvalue weighted by Gasteiger charge is 2.03. The molecule has 2 aromatic heterocycles. The molecular formula is C28H49N5O3S2. The summed E-state index contributed by atoms with van der Waals surface area (Å²) in [6, 6.07) is 0. The Kier molecular flexibility index (Phi) is 35.8. The van der Waals surface area contributed by atoms with Crippen LogP contribution in [-0.2, 0) is 14.4 Å². The van der Waals surface area contributed by atoms with Crippen LogP contribution in [0, 0.1) is 13.8 Å². The number of aryl methyl sites for hydroxylation is 2. The molecule has 0 aromatic carbocycles. The highest BCUT2D eigenvalue weighted by Crippen LogP contribution is 2.09. The van der Waals surface area contributed by atoms with Crippen LogP contribution in [0.3, 0.4) is 0 Å². The molecule has 0 unspecified atom stereocenters. The first-order valence-corrected chi connectivity index (χ1v) is 14.8. The maximum absolute atomic E-state index is 10.8. The van der Waals surface area contributed by atoms with Crippen LogP contribution >= 0.6 is 21.6 Å². The van der Waals surface area contributed by atoms with Crippen LogP contribution in [0.5, 0.6) is 0 Å². The van der Waals surface area contributed by atoms with Gasteiger partial charge in [-0.25, -0.2) is 9.97 Å². The number of aromatic nitrogens is 4. The van der Waals surface area contributed by atoms with E-state index in [2.05, 4.69) is 51.3 Å². The Hall–Kier alpha value is -2.85. The molecule has 8 nitrogen and oxygen atoms in total. The molecule has 0 atom stereocenters. The van der Waals surface area contributed by atoms with Crippen LogP contribution in [-0.4, -0.2) is 57.0 Å². The molecular weight excluding hydrogens is 518 g/mol. The number of hydrogen-bond donors (Lipinski definition) is 3. The average molecular weight is 568 g/mol. The smallest absolute Gasteiger partial charge is 0.219 e. The SMILES string of the molecule is C.C=C1C=CC(C)=CC1=O.CC=O.CCCCNC(=O)CC.CSSC.Cc1cnc[nH]1.Cc1cnc[nH]1. The Morgan fingerprint density at radius 3 is 1.74 bits per heavy atom. The second-order valence-electron chi connectivity index (χ2n) is 7.21. The van der Waals surface area contributed by atoms with Crippen molar-refractivity contribution in [2.45, 2.75) is 68.2 Å². The number of imidazole rings is 2. The number of unbranched alkanes of at least 4 members (excludes halogenated alkanes) is 1. The molecule has 38 heavy (non-hydrogen) atoms. The molecule has 0 spiro atoms. The fraction of sp³-hybridized carbons (Fsp3) is 0.464. The van der Waals surface area contributed by atoms with Gasteiger partial charge in [-0.15, -0.1) is 0 Å². The number of carbonyl (C=O) groups is 3. The summed E-state index contributed by atoms with van der Waals surface area (Å²) >= 11 is 0. The molecule has 1 aliphatic carbocycles. The topological polar surface area (TPSA) is 121 Å². The minimum absolute atomic E-state index is 0. The summed E-state index contributed by atoms with van der Waals surface area (Å²) < 4.78 is 0. The zero-order chi connectivity index (χ0) is 28.9. The van der Waals surface area contributed by atoms with Gasteiger partial charge in [0.05, 0.1) is 12.7 Å². The van der Waals surface area contributed by atoms with E-state index in [1.165, 1.54) is 6.92 Å². The van der Waals surface area contributed by atoms with E-state index in [1.54, 1.807) is 58.8 Å². The first kappa shape index (κ1) is 42.2. The summed E-state index contributed by atoms with van der Waals surface area (Å²) in [7, 11) is 3.55. The first-order chi connectivity index (χ1) is 17.6. The van der Waals surface area contributed by atoms with Gasteiger partial charge in [0.1, 0.15) is 6.29 Å². The van der Waals surface area contributed by atoms with Crippen molar-refractivity contribution in [3.63, 3.8) is 0 Å². The van der Waals surface area contributed by atoms with Crippen molar-refractivity contribution in [1.29, 1.82) is 0 Å². The maximum atomic E-state index is 10.8. The number of allylic oxidation sites excluding steroid dienone is 5. The summed E-state index contributed by atoms with van der Waals surface area (Å²) in [5, 5.41) is 2.79. The number of amides is 1. The van der Waals surface area contributed by atoms with E-state index < -0.39 is 0 Å². The fourth-order valence-electron chi connectivity index (χ4n) is 1.84. The molecule has 0 aliphatic heterocycles. The van der Waals surface area contributed by atoms with Crippen LogP contribution in [0.4, 0.5) is 0 Å². The van der Waals surface area contributed by atoms with Crippen LogP contribution in [0.2, 0.25) is 0 Å². The Morgan fingerprint density at radius 1 is 1.03 bits per heavy atom. The van der Waals surface area contributed by atoms with Gasteiger partial charge in [-0.1, -0.05) is 68.0 Å². The molecule has 0 saturated heterocycles. The van der Waals surface area contributed by atoms with Crippen LogP contribution < -0.4 is 5.32 Å². The minimum atomic E-state index is 0. The molecule has 0 radical (unpaired) electrons. The van der Waals surface area contributed by atoms with Crippen molar-refractivity contribution in [3.05, 3.63) is 72.4 Å². The molecule has 216 valence electrons. The van der Waals surface area contributed by atoms with E-state index in [1.807, 2.05) is 33.8 Å². The van der Waals surface area contributed by atoms with Gasteiger partial charge in [-0.05, 0) is 58.3 Å². The Labute approximate surface area is 238 Å². The third-order valence-electron chi connectivity index (χ3n) is 3.83. The van der Waals surface area contributed by atoms with Crippen molar-refractivity contribution >= 4 is 39.6 Å². The number of carbonyl (C=O) groups excluding carboxylic acids is 3. The number of nitrogens with one attached hydrogen (secondary N) is 3. The molecule has 1 aliphatic rings. The van der Waals surface area contributed by atoms with Gasteiger partial charge in [0.15, 0.2) is 5.78 Å². The number of aldehydes is 1. The van der Waals surface area contributed by atoms with Gasteiger partial charge in [-0.3, -0.25) is 9.59 Å². The van der Waals surface area contributed by atoms with E-state index in [0.717, 1.165) is 42.6 Å². The van der Waals surface area contributed by atoms with Gasteiger partial charge in [0.25, 0.3) is 0 Å². The maximum Gasteiger partial charge on any atom is 0.219 e. The molecule has 3 N–H and O–H groups in total. The summed E-state index contributed by atoms with van der Waals surface area (Å²) in [5.74, 6) is 0.179. The number of ketones is 1. The van der Waals surface area contributed by atoms with Crippen molar-refractivity contribution < 1.29 is 14.4 Å². The molecule has 0 bridgehead atoms. The number of rotatable bonds is 5. The zero-order valence-corrected chi connectivity index (χ0v) is 25.2. The van der Waals surface area contributed by atoms with Crippen LogP contribution in [0.15, 0.2) is 61.0 Å². The fourth-order valence-corrected chi connectivity index (χ4v) is 1.84. The van der Waals surface area contributed by atoms with Gasteiger partial charge in [0.2, 0.25) is 5.91 Å². The summed E-state index contributed by atoms with van der Waals surface area (Å²) in [6.45, 7) is 15.6. The average Bonchev–Trinajstić information content (AvgIpc) is 3.57. The van der Waals surface area contributed by atoms with Crippen LogP contribution in [0.25, 0.3) is 0 Å². The van der Waals surface area contributed by atoms with E-state index in [9.17, 15) is 9.59 Å². The molecule has 3 rings (SSSR count). The highest BCUT2D eigenvalue weighted by atomic mass is 33.1. The monoisotopic (exact) mass is 567 g/mol.